The highest BCUT2D eigenvalue weighted by Crippen LogP contribution is 2.32. The lowest BCUT2D eigenvalue weighted by atomic mass is 9.92. The van der Waals surface area contributed by atoms with Crippen LogP contribution in [0.25, 0.3) is 11.1 Å². The molecule has 4 aromatic rings. The number of ketones is 1. The number of likely N-dealkylation sites (tertiary alicyclic amines) is 1. The number of benzene rings is 4. The van der Waals surface area contributed by atoms with Crippen molar-refractivity contribution in [3.05, 3.63) is 126 Å². The third kappa shape index (κ3) is 5.08. The van der Waals surface area contributed by atoms with E-state index in [9.17, 15) is 9.59 Å². The lowest BCUT2D eigenvalue weighted by molar-refractivity contribution is -0.131. The van der Waals surface area contributed by atoms with E-state index in [-0.39, 0.29) is 17.7 Å². The van der Waals surface area contributed by atoms with Gasteiger partial charge in [0, 0.05) is 18.2 Å². The molecule has 5 rings (SSSR count). The molecule has 4 heteroatoms. The highest BCUT2D eigenvalue weighted by atomic mass is 16.5. The summed E-state index contributed by atoms with van der Waals surface area (Å²) in [4.78, 5) is 28.7. The van der Waals surface area contributed by atoms with Gasteiger partial charge in [-0.15, -0.1) is 0 Å². The van der Waals surface area contributed by atoms with Gasteiger partial charge < -0.3 is 9.64 Å². The summed E-state index contributed by atoms with van der Waals surface area (Å²) < 4.78 is 5.27. The van der Waals surface area contributed by atoms with Gasteiger partial charge >= 0.3 is 0 Å². The molecule has 0 spiro atoms. The van der Waals surface area contributed by atoms with E-state index in [1.54, 1.807) is 19.2 Å². The monoisotopic (exact) mass is 475 g/mol. The minimum atomic E-state index is -0.653. The van der Waals surface area contributed by atoms with E-state index in [1.807, 2.05) is 65.6 Å². The van der Waals surface area contributed by atoms with Crippen LogP contribution in [0, 0.1) is 5.92 Å². The molecule has 0 saturated carbocycles. The number of hydrogen-bond donors (Lipinski definition) is 0. The Labute approximate surface area is 212 Å². The molecule has 1 fully saturated rings. The Morgan fingerprint density at radius 2 is 1.36 bits per heavy atom. The second-order valence-electron chi connectivity index (χ2n) is 9.25. The molecule has 0 aromatic heterocycles. The predicted octanol–water partition coefficient (Wildman–Crippen LogP) is 6.20. The maximum Gasteiger partial charge on any atom is 0.234 e. The number of Topliss-reactive ketones (excluding diaryl/α,β-unsaturated/α-hetero) is 1. The number of ether oxygens (including phenoxy) is 1. The number of hydrogen-bond acceptors (Lipinski definition) is 3. The van der Waals surface area contributed by atoms with Crippen LogP contribution >= 0.6 is 0 Å². The lowest BCUT2D eigenvalue weighted by Gasteiger charge is -2.25. The molecule has 180 valence electrons. The zero-order valence-corrected chi connectivity index (χ0v) is 20.3. The Kier molecular flexibility index (Phi) is 6.94. The first-order valence-corrected chi connectivity index (χ1v) is 12.3. The number of carbonyl (C=O) groups excluding carboxylic acids is 2. The van der Waals surface area contributed by atoms with Gasteiger partial charge in [-0.3, -0.25) is 9.59 Å². The smallest absolute Gasteiger partial charge is 0.234 e. The van der Waals surface area contributed by atoms with Crippen molar-refractivity contribution in [2.24, 2.45) is 5.92 Å². The number of carbonyl (C=O) groups is 2. The standard InChI is InChI=1S/C32H29NO3/c1-36-29-18-14-24(15-19-29)22-33-28(21-30(32(33)35)31(34)27-10-6-3-7-11-27)20-23-12-16-26(17-13-23)25-8-4-2-5-9-25/h2-19,28,30H,20-22H2,1H3. The maximum atomic E-state index is 13.6. The molecule has 1 amide bonds. The van der Waals surface area contributed by atoms with E-state index < -0.39 is 5.92 Å². The zero-order valence-electron chi connectivity index (χ0n) is 20.3. The Morgan fingerprint density at radius 3 is 2.00 bits per heavy atom. The summed E-state index contributed by atoms with van der Waals surface area (Å²) in [5, 5.41) is 0. The topological polar surface area (TPSA) is 46.6 Å². The fourth-order valence-electron chi connectivity index (χ4n) is 4.97. The highest BCUT2D eigenvalue weighted by molar-refractivity contribution is 6.11. The van der Waals surface area contributed by atoms with E-state index in [2.05, 4.69) is 36.4 Å². The highest BCUT2D eigenvalue weighted by Gasteiger charge is 2.43. The van der Waals surface area contributed by atoms with Crippen LogP contribution in [0.2, 0.25) is 0 Å². The average Bonchev–Trinajstić information content (AvgIpc) is 3.24. The van der Waals surface area contributed by atoms with Gasteiger partial charge in [0.1, 0.15) is 11.7 Å². The number of methoxy groups -OCH3 is 1. The van der Waals surface area contributed by atoms with Gasteiger partial charge in [-0.1, -0.05) is 97.1 Å². The summed E-state index contributed by atoms with van der Waals surface area (Å²) in [6, 6.07) is 35.6. The van der Waals surface area contributed by atoms with Crippen LogP contribution in [0.3, 0.4) is 0 Å². The van der Waals surface area contributed by atoms with Gasteiger partial charge in [0.05, 0.1) is 7.11 Å². The minimum Gasteiger partial charge on any atom is -0.497 e. The van der Waals surface area contributed by atoms with Gasteiger partial charge in [0.15, 0.2) is 5.78 Å². The van der Waals surface area contributed by atoms with Gasteiger partial charge in [-0.2, -0.15) is 0 Å². The lowest BCUT2D eigenvalue weighted by Crippen LogP contribution is -2.35. The van der Waals surface area contributed by atoms with Crippen LogP contribution in [0.4, 0.5) is 0 Å². The molecule has 1 saturated heterocycles. The van der Waals surface area contributed by atoms with Crippen molar-refractivity contribution < 1.29 is 14.3 Å². The van der Waals surface area contributed by atoms with Crippen LogP contribution < -0.4 is 4.74 Å². The van der Waals surface area contributed by atoms with E-state index >= 15 is 0 Å². The fraction of sp³-hybridized carbons (Fsp3) is 0.188. The summed E-state index contributed by atoms with van der Waals surface area (Å²) in [5.41, 5.74) is 5.10. The molecule has 2 unspecified atom stereocenters. The number of rotatable bonds is 8. The molecular formula is C32H29NO3. The summed E-state index contributed by atoms with van der Waals surface area (Å²) in [7, 11) is 1.64. The van der Waals surface area contributed by atoms with Crippen LogP contribution in [0.15, 0.2) is 109 Å². The Morgan fingerprint density at radius 1 is 0.778 bits per heavy atom. The first-order chi connectivity index (χ1) is 17.6. The average molecular weight is 476 g/mol. The second kappa shape index (κ2) is 10.6. The minimum absolute atomic E-state index is 0.0557. The van der Waals surface area contributed by atoms with E-state index in [0.29, 0.717) is 24.9 Å². The number of nitrogens with zero attached hydrogens (tertiary/aromatic N) is 1. The SMILES string of the molecule is COc1ccc(CN2C(=O)C(C(=O)c3ccccc3)CC2Cc2ccc(-c3ccccc3)cc2)cc1. The zero-order chi connectivity index (χ0) is 24.9. The van der Waals surface area contributed by atoms with Crippen LogP contribution in [0.5, 0.6) is 5.75 Å². The van der Waals surface area contributed by atoms with Crippen molar-refractivity contribution in [3.8, 4) is 16.9 Å². The Balaban J connectivity index is 1.39. The van der Waals surface area contributed by atoms with Crippen LogP contribution in [-0.4, -0.2) is 29.7 Å². The largest absolute Gasteiger partial charge is 0.497 e. The maximum absolute atomic E-state index is 13.6. The Hall–Kier alpha value is -4.18. The molecule has 0 radical (unpaired) electrons. The molecule has 36 heavy (non-hydrogen) atoms. The quantitative estimate of drug-likeness (QED) is 0.225. The van der Waals surface area contributed by atoms with Crippen molar-refractivity contribution in [1.29, 1.82) is 0 Å². The molecule has 4 aromatic carbocycles. The summed E-state index contributed by atoms with van der Waals surface area (Å²) in [6.07, 6.45) is 1.22. The third-order valence-corrected chi connectivity index (χ3v) is 6.95. The molecule has 0 N–H and O–H groups in total. The second-order valence-corrected chi connectivity index (χ2v) is 9.25. The van der Waals surface area contributed by atoms with Gasteiger partial charge in [0.2, 0.25) is 5.91 Å². The molecule has 0 bridgehead atoms. The summed E-state index contributed by atoms with van der Waals surface area (Å²) in [5.74, 6) is -0.0641. The van der Waals surface area contributed by atoms with Crippen molar-refractivity contribution in [1.82, 2.24) is 4.90 Å². The predicted molar refractivity (Wildman–Crippen MR) is 142 cm³/mol. The van der Waals surface area contributed by atoms with E-state index in [4.69, 9.17) is 4.74 Å². The van der Waals surface area contributed by atoms with E-state index in [0.717, 1.165) is 22.4 Å². The molecular weight excluding hydrogens is 446 g/mol. The first kappa shape index (κ1) is 23.6. The molecule has 1 aliphatic heterocycles. The molecule has 1 aliphatic rings. The van der Waals surface area contributed by atoms with Gasteiger partial charge in [-0.25, -0.2) is 0 Å². The van der Waals surface area contributed by atoms with E-state index in [1.165, 1.54) is 5.56 Å². The van der Waals surface area contributed by atoms with Crippen molar-refractivity contribution in [3.63, 3.8) is 0 Å². The molecule has 4 nitrogen and oxygen atoms in total. The number of amides is 1. The van der Waals surface area contributed by atoms with Crippen molar-refractivity contribution >= 4 is 11.7 Å². The summed E-state index contributed by atoms with van der Waals surface area (Å²) in [6.45, 7) is 0.466. The third-order valence-electron chi connectivity index (χ3n) is 6.95. The summed E-state index contributed by atoms with van der Waals surface area (Å²) >= 11 is 0. The molecule has 0 aliphatic carbocycles. The first-order valence-electron chi connectivity index (χ1n) is 12.3. The van der Waals surface area contributed by atoms with Crippen molar-refractivity contribution in [2.75, 3.05) is 7.11 Å². The fourth-order valence-corrected chi connectivity index (χ4v) is 4.97. The van der Waals surface area contributed by atoms with Crippen LogP contribution in [-0.2, 0) is 17.8 Å². The van der Waals surface area contributed by atoms with Gasteiger partial charge in [0.25, 0.3) is 0 Å². The molecule has 2 atom stereocenters. The molecule has 1 heterocycles. The van der Waals surface area contributed by atoms with Crippen molar-refractivity contribution in [2.45, 2.75) is 25.4 Å². The Bertz CT molecular complexity index is 1320. The van der Waals surface area contributed by atoms with Gasteiger partial charge in [-0.05, 0) is 47.2 Å². The normalized spacial score (nSPS) is 17.2. The van der Waals surface area contributed by atoms with Crippen LogP contribution in [0.1, 0.15) is 27.9 Å².